The van der Waals surface area contributed by atoms with Gasteiger partial charge in [0.1, 0.15) is 16.9 Å². The molecule has 5 rings (SSSR count). The number of aromatic carboxylic acids is 1. The Morgan fingerprint density at radius 3 is 2.63 bits per heavy atom. The first-order valence-corrected chi connectivity index (χ1v) is 11.8. The van der Waals surface area contributed by atoms with Gasteiger partial charge in [-0.05, 0) is 83.1 Å². The van der Waals surface area contributed by atoms with E-state index in [-0.39, 0.29) is 5.56 Å². The molecule has 176 valence electrons. The molecule has 0 atom stereocenters. The fraction of sp³-hybridized carbons (Fsp3) is 0.115. The van der Waals surface area contributed by atoms with Gasteiger partial charge in [0.15, 0.2) is 0 Å². The van der Waals surface area contributed by atoms with Gasteiger partial charge in [-0.2, -0.15) is 0 Å². The summed E-state index contributed by atoms with van der Waals surface area (Å²) in [5.74, 6) is 0.0241. The van der Waals surface area contributed by atoms with E-state index in [0.717, 1.165) is 26.1 Å². The van der Waals surface area contributed by atoms with Crippen LogP contribution in [0.25, 0.3) is 22.0 Å². The van der Waals surface area contributed by atoms with Gasteiger partial charge in [0, 0.05) is 20.7 Å². The molecule has 0 aliphatic heterocycles. The van der Waals surface area contributed by atoms with E-state index in [1.54, 1.807) is 26.2 Å². The van der Waals surface area contributed by atoms with E-state index in [2.05, 4.69) is 34.0 Å². The molecular weight excluding hydrogens is 561 g/mol. The number of nitrogens with one attached hydrogen (secondary N) is 1. The van der Waals surface area contributed by atoms with Gasteiger partial charge in [0.2, 0.25) is 5.95 Å². The Balaban J connectivity index is 1.71. The number of carbonyl (C=O) groups is 1. The van der Waals surface area contributed by atoms with Crippen LogP contribution in [0, 0.1) is 10.5 Å². The normalized spacial score (nSPS) is 11.2. The predicted octanol–water partition coefficient (Wildman–Crippen LogP) is 5.55. The van der Waals surface area contributed by atoms with Gasteiger partial charge in [-0.1, -0.05) is 12.1 Å². The monoisotopic (exact) mass is 581 g/mol. The van der Waals surface area contributed by atoms with Crippen LogP contribution in [0.15, 0.2) is 69.9 Å². The largest absolute Gasteiger partial charge is 0.497 e. The van der Waals surface area contributed by atoms with Gasteiger partial charge < -0.3 is 24.1 Å². The van der Waals surface area contributed by atoms with E-state index < -0.39 is 11.6 Å². The minimum Gasteiger partial charge on any atom is -0.497 e. The third kappa shape index (κ3) is 4.34. The average Bonchev–Trinajstić information content (AvgIpc) is 3.14. The van der Waals surface area contributed by atoms with Crippen molar-refractivity contribution in [3.05, 3.63) is 91.3 Å². The van der Waals surface area contributed by atoms with Crippen molar-refractivity contribution >= 4 is 62.2 Å². The molecular formula is C26H20IN3O5. The Labute approximate surface area is 213 Å². The molecule has 0 aliphatic carbocycles. The number of methoxy groups -OCH3 is 1. The Bertz CT molecular complexity index is 1650. The first-order chi connectivity index (χ1) is 16.8. The van der Waals surface area contributed by atoms with Gasteiger partial charge in [0.05, 0.1) is 24.7 Å². The van der Waals surface area contributed by atoms with Gasteiger partial charge in [-0.3, -0.25) is 0 Å². The minimum atomic E-state index is -1.32. The molecule has 0 bridgehead atoms. The standard InChI is InChI=1S/C26H20IN3O5/c1-14-19-11-20-21(12-22(19)35-25(33)23(14)24(31)32)30(13-15-4-3-5-16(27)10-15)26(29-20)28-17-6-8-18(34-2)9-7-17/h3-12H,13H2,1-2H3,(H,28,29)(H,31,32). The maximum absolute atomic E-state index is 12.4. The zero-order valence-corrected chi connectivity index (χ0v) is 21.0. The number of fused-ring (bicyclic) bond motifs is 2. The third-order valence-electron chi connectivity index (χ3n) is 5.83. The summed E-state index contributed by atoms with van der Waals surface area (Å²) >= 11 is 2.28. The van der Waals surface area contributed by atoms with E-state index >= 15 is 0 Å². The molecule has 0 radical (unpaired) electrons. The van der Waals surface area contributed by atoms with Crippen molar-refractivity contribution in [1.29, 1.82) is 0 Å². The highest BCUT2D eigenvalue weighted by Gasteiger charge is 2.20. The molecule has 35 heavy (non-hydrogen) atoms. The molecule has 0 spiro atoms. The van der Waals surface area contributed by atoms with Gasteiger partial charge >= 0.3 is 11.6 Å². The fourth-order valence-electron chi connectivity index (χ4n) is 4.09. The molecule has 0 saturated heterocycles. The molecule has 8 nitrogen and oxygen atoms in total. The summed E-state index contributed by atoms with van der Waals surface area (Å²) in [6, 6.07) is 19.2. The molecule has 0 amide bonds. The van der Waals surface area contributed by atoms with Crippen molar-refractivity contribution in [2.24, 2.45) is 0 Å². The summed E-state index contributed by atoms with van der Waals surface area (Å²) in [4.78, 5) is 28.7. The first kappa shape index (κ1) is 22.9. The Kier molecular flexibility index (Phi) is 5.93. The summed E-state index contributed by atoms with van der Waals surface area (Å²) in [6.07, 6.45) is 0. The molecule has 0 unspecified atom stereocenters. The summed E-state index contributed by atoms with van der Waals surface area (Å²) in [5.41, 5.74) is 2.71. The zero-order chi connectivity index (χ0) is 24.7. The van der Waals surface area contributed by atoms with Crippen molar-refractivity contribution in [1.82, 2.24) is 9.55 Å². The summed E-state index contributed by atoms with van der Waals surface area (Å²) in [5, 5.41) is 13.4. The number of halogens is 1. The van der Waals surface area contributed by atoms with Crippen LogP contribution in [-0.2, 0) is 6.54 Å². The number of aromatic nitrogens is 2. The van der Waals surface area contributed by atoms with E-state index in [0.29, 0.717) is 34.5 Å². The van der Waals surface area contributed by atoms with Gasteiger partial charge in [-0.15, -0.1) is 0 Å². The first-order valence-electron chi connectivity index (χ1n) is 10.7. The number of carboxylic acids is 1. The second kappa shape index (κ2) is 9.06. The van der Waals surface area contributed by atoms with E-state index in [4.69, 9.17) is 14.1 Å². The molecule has 0 aliphatic rings. The topological polar surface area (TPSA) is 107 Å². The van der Waals surface area contributed by atoms with E-state index in [9.17, 15) is 14.7 Å². The Morgan fingerprint density at radius 1 is 1.17 bits per heavy atom. The molecule has 0 fully saturated rings. The molecule has 2 N–H and O–H groups in total. The van der Waals surface area contributed by atoms with E-state index in [1.807, 2.05) is 47.0 Å². The van der Waals surface area contributed by atoms with Crippen LogP contribution in [0.5, 0.6) is 5.75 Å². The number of hydrogen-bond acceptors (Lipinski definition) is 6. The number of anilines is 2. The van der Waals surface area contributed by atoms with Crippen molar-refractivity contribution in [2.45, 2.75) is 13.5 Å². The van der Waals surface area contributed by atoms with E-state index in [1.165, 1.54) is 0 Å². The van der Waals surface area contributed by atoms with Crippen LogP contribution in [0.4, 0.5) is 11.6 Å². The lowest BCUT2D eigenvalue weighted by Gasteiger charge is -2.12. The highest BCUT2D eigenvalue weighted by Crippen LogP contribution is 2.30. The number of benzene rings is 3. The minimum absolute atomic E-state index is 0.310. The number of ether oxygens (including phenoxy) is 1. The number of carboxylic acid groups (broad SMARTS) is 1. The summed E-state index contributed by atoms with van der Waals surface area (Å²) in [6.45, 7) is 2.13. The number of imidazole rings is 1. The van der Waals surface area contributed by atoms with Crippen LogP contribution in [0.1, 0.15) is 21.5 Å². The third-order valence-corrected chi connectivity index (χ3v) is 6.50. The van der Waals surface area contributed by atoms with Crippen molar-refractivity contribution in [2.75, 3.05) is 12.4 Å². The van der Waals surface area contributed by atoms with Gasteiger partial charge in [0.25, 0.3) is 0 Å². The summed E-state index contributed by atoms with van der Waals surface area (Å²) in [7, 11) is 1.61. The van der Waals surface area contributed by atoms with Crippen LogP contribution >= 0.6 is 22.6 Å². The number of nitrogens with zero attached hydrogens (tertiary/aromatic N) is 2. The quantitative estimate of drug-likeness (QED) is 0.200. The summed E-state index contributed by atoms with van der Waals surface area (Å²) < 4.78 is 13.8. The molecule has 2 aromatic heterocycles. The SMILES string of the molecule is COc1ccc(Nc2nc3cc4c(C)c(C(=O)O)c(=O)oc4cc3n2Cc2cccc(I)c2)cc1. The number of hydrogen-bond donors (Lipinski definition) is 2. The molecule has 5 aromatic rings. The lowest BCUT2D eigenvalue weighted by molar-refractivity contribution is 0.0691. The van der Waals surface area contributed by atoms with Crippen molar-refractivity contribution in [3.63, 3.8) is 0 Å². The lowest BCUT2D eigenvalue weighted by Crippen LogP contribution is -2.15. The fourth-order valence-corrected chi connectivity index (χ4v) is 4.70. The maximum Gasteiger partial charge on any atom is 0.351 e. The highest BCUT2D eigenvalue weighted by molar-refractivity contribution is 14.1. The number of aryl methyl sites for hydroxylation is 1. The lowest BCUT2D eigenvalue weighted by atomic mass is 10.1. The van der Waals surface area contributed by atoms with Crippen LogP contribution in [0.3, 0.4) is 0 Å². The second-order valence-corrected chi connectivity index (χ2v) is 9.28. The Morgan fingerprint density at radius 2 is 1.94 bits per heavy atom. The van der Waals surface area contributed by atoms with Crippen molar-refractivity contribution < 1.29 is 19.1 Å². The highest BCUT2D eigenvalue weighted by atomic mass is 127. The van der Waals surface area contributed by atoms with Crippen LogP contribution < -0.4 is 15.7 Å². The van der Waals surface area contributed by atoms with Crippen LogP contribution in [0.2, 0.25) is 0 Å². The Hall–Kier alpha value is -3.86. The average molecular weight is 581 g/mol. The van der Waals surface area contributed by atoms with Crippen molar-refractivity contribution in [3.8, 4) is 5.75 Å². The maximum atomic E-state index is 12.4. The molecule has 0 saturated carbocycles. The second-order valence-electron chi connectivity index (χ2n) is 8.04. The predicted molar refractivity (Wildman–Crippen MR) is 142 cm³/mol. The molecule has 3 aromatic carbocycles. The smallest absolute Gasteiger partial charge is 0.351 e. The molecule has 2 heterocycles. The number of rotatable bonds is 6. The van der Waals surface area contributed by atoms with Crippen LogP contribution in [-0.4, -0.2) is 27.7 Å². The van der Waals surface area contributed by atoms with Gasteiger partial charge in [-0.25, -0.2) is 14.6 Å². The zero-order valence-electron chi connectivity index (χ0n) is 18.8. The molecule has 9 heteroatoms.